The summed E-state index contributed by atoms with van der Waals surface area (Å²) in [6, 6.07) is 8.70. The topological polar surface area (TPSA) is 84.0 Å². The van der Waals surface area contributed by atoms with E-state index in [1.807, 2.05) is 6.07 Å². The Labute approximate surface area is 141 Å². The van der Waals surface area contributed by atoms with Gasteiger partial charge in [0.2, 0.25) is 0 Å². The molecule has 2 rings (SSSR count). The van der Waals surface area contributed by atoms with E-state index in [0.717, 1.165) is 12.1 Å². The van der Waals surface area contributed by atoms with Gasteiger partial charge in [-0.3, -0.25) is 9.59 Å². The lowest BCUT2D eigenvalue weighted by atomic mass is 10.1. The molecule has 126 valence electrons. The Kier molecular flexibility index (Phi) is 6.01. The van der Waals surface area contributed by atoms with E-state index in [9.17, 15) is 9.59 Å². The summed E-state index contributed by atoms with van der Waals surface area (Å²) in [6.45, 7) is 6.34. The van der Waals surface area contributed by atoms with E-state index < -0.39 is 0 Å². The summed E-state index contributed by atoms with van der Waals surface area (Å²) in [7, 11) is 0. The molecule has 0 radical (unpaired) electrons. The smallest absolute Gasteiger partial charge is 0.270 e. The molecule has 0 aliphatic heterocycles. The van der Waals surface area contributed by atoms with Crippen LogP contribution >= 0.6 is 0 Å². The Morgan fingerprint density at radius 1 is 1.17 bits per heavy atom. The Morgan fingerprint density at radius 3 is 2.67 bits per heavy atom. The Balaban J connectivity index is 2.06. The third kappa shape index (κ3) is 5.15. The minimum atomic E-state index is -0.224. The van der Waals surface area contributed by atoms with Gasteiger partial charge in [-0.1, -0.05) is 26.0 Å². The van der Waals surface area contributed by atoms with Crippen LogP contribution in [0, 0.1) is 5.92 Å². The fourth-order valence-corrected chi connectivity index (χ4v) is 2.08. The van der Waals surface area contributed by atoms with Crippen molar-refractivity contribution in [2.45, 2.75) is 27.2 Å². The van der Waals surface area contributed by atoms with Gasteiger partial charge in [-0.05, 0) is 31.4 Å². The van der Waals surface area contributed by atoms with Crippen molar-refractivity contribution in [1.82, 2.24) is 15.3 Å². The molecule has 1 amide bonds. The fraction of sp³-hybridized carbons (Fsp3) is 0.333. The van der Waals surface area contributed by atoms with Crippen LogP contribution in [-0.4, -0.2) is 28.2 Å². The SMILES string of the molecule is CC(=O)c1cccc(Nc2cc(C(=O)NCCC(C)C)ncn2)c1. The second-order valence-electron chi connectivity index (χ2n) is 5.99. The summed E-state index contributed by atoms with van der Waals surface area (Å²) >= 11 is 0. The first-order valence-corrected chi connectivity index (χ1v) is 7.94. The van der Waals surface area contributed by atoms with Gasteiger partial charge in [-0.15, -0.1) is 0 Å². The van der Waals surface area contributed by atoms with Crippen molar-refractivity contribution < 1.29 is 9.59 Å². The fourth-order valence-electron chi connectivity index (χ4n) is 2.08. The number of hydrogen-bond acceptors (Lipinski definition) is 5. The molecule has 0 bridgehead atoms. The van der Waals surface area contributed by atoms with E-state index in [2.05, 4.69) is 34.4 Å². The van der Waals surface area contributed by atoms with Crippen LogP contribution in [0.1, 0.15) is 48.0 Å². The Morgan fingerprint density at radius 2 is 1.96 bits per heavy atom. The third-order valence-corrected chi connectivity index (χ3v) is 3.45. The van der Waals surface area contributed by atoms with Gasteiger partial charge in [0.1, 0.15) is 17.8 Å². The van der Waals surface area contributed by atoms with Gasteiger partial charge in [-0.25, -0.2) is 9.97 Å². The van der Waals surface area contributed by atoms with Crippen LogP contribution < -0.4 is 10.6 Å². The predicted molar refractivity (Wildman–Crippen MR) is 93.5 cm³/mol. The second-order valence-corrected chi connectivity index (χ2v) is 5.99. The number of rotatable bonds is 7. The summed E-state index contributed by atoms with van der Waals surface area (Å²) in [4.78, 5) is 31.7. The van der Waals surface area contributed by atoms with E-state index >= 15 is 0 Å². The monoisotopic (exact) mass is 326 g/mol. The molecule has 0 atom stereocenters. The first-order chi connectivity index (χ1) is 11.5. The van der Waals surface area contributed by atoms with Crippen LogP contribution in [0.25, 0.3) is 0 Å². The lowest BCUT2D eigenvalue weighted by Crippen LogP contribution is -2.26. The van der Waals surface area contributed by atoms with E-state index in [1.54, 1.807) is 24.3 Å². The normalized spacial score (nSPS) is 10.5. The standard InChI is InChI=1S/C18H22N4O2/c1-12(2)7-8-19-18(24)16-10-17(21-11-20-16)22-15-6-4-5-14(9-15)13(3)23/h4-6,9-12H,7-8H2,1-3H3,(H,19,24)(H,20,21,22). The number of carbonyl (C=O) groups excluding carboxylic acids is 2. The van der Waals surface area contributed by atoms with E-state index in [0.29, 0.717) is 29.5 Å². The molecule has 0 unspecified atom stereocenters. The van der Waals surface area contributed by atoms with Gasteiger partial charge in [0, 0.05) is 23.9 Å². The molecule has 0 saturated heterocycles. The average Bonchev–Trinajstić information content (AvgIpc) is 2.55. The summed E-state index contributed by atoms with van der Waals surface area (Å²) in [5.74, 6) is 0.798. The average molecular weight is 326 g/mol. The number of ketones is 1. The molecule has 1 aromatic heterocycles. The molecule has 1 heterocycles. The number of benzene rings is 1. The highest BCUT2D eigenvalue weighted by Gasteiger charge is 2.09. The van der Waals surface area contributed by atoms with Crippen molar-refractivity contribution in [3.63, 3.8) is 0 Å². The Bertz CT molecular complexity index is 728. The molecular weight excluding hydrogens is 304 g/mol. The van der Waals surface area contributed by atoms with Crippen LogP contribution in [-0.2, 0) is 0 Å². The van der Waals surface area contributed by atoms with Crippen molar-refractivity contribution in [2.24, 2.45) is 5.92 Å². The van der Waals surface area contributed by atoms with Crippen molar-refractivity contribution in [1.29, 1.82) is 0 Å². The molecule has 2 N–H and O–H groups in total. The van der Waals surface area contributed by atoms with Crippen LogP contribution in [0.15, 0.2) is 36.7 Å². The summed E-state index contributed by atoms with van der Waals surface area (Å²) in [6.07, 6.45) is 2.26. The number of carbonyl (C=O) groups is 2. The van der Waals surface area contributed by atoms with Gasteiger partial charge in [0.15, 0.2) is 5.78 Å². The number of anilines is 2. The lowest BCUT2D eigenvalue weighted by molar-refractivity contribution is 0.0946. The highest BCUT2D eigenvalue weighted by atomic mass is 16.1. The first kappa shape index (κ1) is 17.6. The molecule has 24 heavy (non-hydrogen) atoms. The zero-order valence-electron chi connectivity index (χ0n) is 14.2. The maximum absolute atomic E-state index is 12.1. The van der Waals surface area contributed by atoms with Crippen molar-refractivity contribution >= 4 is 23.2 Å². The van der Waals surface area contributed by atoms with Crippen LogP contribution in [0.4, 0.5) is 11.5 Å². The largest absolute Gasteiger partial charge is 0.351 e. The third-order valence-electron chi connectivity index (χ3n) is 3.45. The quantitative estimate of drug-likeness (QED) is 0.763. The van der Waals surface area contributed by atoms with Gasteiger partial charge in [0.25, 0.3) is 5.91 Å². The molecule has 0 aliphatic carbocycles. The lowest BCUT2D eigenvalue weighted by Gasteiger charge is -2.09. The van der Waals surface area contributed by atoms with E-state index in [4.69, 9.17) is 0 Å². The van der Waals surface area contributed by atoms with Crippen molar-refractivity contribution in [2.75, 3.05) is 11.9 Å². The highest BCUT2D eigenvalue weighted by Crippen LogP contribution is 2.16. The molecule has 6 nitrogen and oxygen atoms in total. The highest BCUT2D eigenvalue weighted by molar-refractivity contribution is 5.95. The molecule has 6 heteroatoms. The van der Waals surface area contributed by atoms with E-state index in [-0.39, 0.29) is 11.7 Å². The summed E-state index contributed by atoms with van der Waals surface area (Å²) in [5, 5.41) is 5.93. The number of aromatic nitrogens is 2. The molecule has 0 saturated carbocycles. The molecule has 1 aromatic carbocycles. The number of nitrogens with zero attached hydrogens (tertiary/aromatic N) is 2. The number of nitrogens with one attached hydrogen (secondary N) is 2. The zero-order valence-corrected chi connectivity index (χ0v) is 14.2. The van der Waals surface area contributed by atoms with Gasteiger partial charge in [0.05, 0.1) is 0 Å². The number of amides is 1. The maximum Gasteiger partial charge on any atom is 0.270 e. The minimum Gasteiger partial charge on any atom is -0.351 e. The van der Waals surface area contributed by atoms with Crippen LogP contribution in [0.5, 0.6) is 0 Å². The number of hydrogen-bond donors (Lipinski definition) is 2. The van der Waals surface area contributed by atoms with Crippen LogP contribution in [0.3, 0.4) is 0 Å². The van der Waals surface area contributed by atoms with E-state index in [1.165, 1.54) is 13.3 Å². The first-order valence-electron chi connectivity index (χ1n) is 7.94. The van der Waals surface area contributed by atoms with Gasteiger partial charge >= 0.3 is 0 Å². The zero-order chi connectivity index (χ0) is 17.5. The van der Waals surface area contributed by atoms with Crippen molar-refractivity contribution in [3.05, 3.63) is 47.9 Å². The molecule has 0 fully saturated rings. The number of Topliss-reactive ketones (excluding diaryl/α,β-unsaturated/α-hetero) is 1. The van der Waals surface area contributed by atoms with Crippen molar-refractivity contribution in [3.8, 4) is 0 Å². The maximum atomic E-state index is 12.1. The van der Waals surface area contributed by atoms with Crippen LogP contribution in [0.2, 0.25) is 0 Å². The van der Waals surface area contributed by atoms with Gasteiger partial charge in [-0.2, -0.15) is 0 Å². The molecular formula is C18H22N4O2. The summed E-state index contributed by atoms with van der Waals surface area (Å²) in [5.41, 5.74) is 1.65. The Hall–Kier alpha value is -2.76. The summed E-state index contributed by atoms with van der Waals surface area (Å²) < 4.78 is 0. The molecule has 2 aromatic rings. The molecule has 0 spiro atoms. The predicted octanol–water partition coefficient (Wildman–Crippen LogP) is 3.20. The molecule has 0 aliphatic rings. The second kappa shape index (κ2) is 8.19. The minimum absolute atomic E-state index is 0.00782. The van der Waals surface area contributed by atoms with Gasteiger partial charge < -0.3 is 10.6 Å².